The molecule has 0 radical (unpaired) electrons. The normalized spacial score (nSPS) is 53.0. The molecule has 2 fully saturated rings. The third-order valence-electron chi connectivity index (χ3n) is 8.42. The van der Waals surface area contributed by atoms with Gasteiger partial charge in [0.15, 0.2) is 0 Å². The molecule has 0 heterocycles. The molecule has 24 heavy (non-hydrogen) atoms. The first-order chi connectivity index (χ1) is 11.4. The first kappa shape index (κ1) is 16.7. The highest BCUT2D eigenvalue weighted by atomic mass is 16.3. The van der Waals surface area contributed by atoms with Crippen molar-refractivity contribution < 1.29 is 5.11 Å². The molecule has 0 aromatic rings. The molecule has 3 N–H and O–H groups in total. The third kappa shape index (κ3) is 2.10. The van der Waals surface area contributed by atoms with Crippen molar-refractivity contribution in [1.29, 1.82) is 0 Å². The lowest BCUT2D eigenvalue weighted by molar-refractivity contribution is -0.0342. The van der Waals surface area contributed by atoms with Crippen LogP contribution in [-0.4, -0.2) is 31.3 Å². The van der Waals surface area contributed by atoms with Crippen molar-refractivity contribution in [2.75, 3.05) is 14.1 Å². The molecule has 4 aliphatic rings. The zero-order chi connectivity index (χ0) is 17.1. The number of hydrogen-bond acceptors (Lipinski definition) is 3. The van der Waals surface area contributed by atoms with Crippen LogP contribution in [0.1, 0.15) is 46.0 Å². The van der Waals surface area contributed by atoms with Gasteiger partial charge in [0.1, 0.15) is 0 Å². The SMILES string of the molecule is CNC1=CC2C[C@@H](O)C=C[C@]2(C)[C@H]2CC[C@]3(C)[C@@H](NC)CC[C@H]3[C@H]12. The van der Waals surface area contributed by atoms with E-state index in [9.17, 15) is 5.11 Å². The van der Waals surface area contributed by atoms with E-state index in [1.165, 1.54) is 31.4 Å². The van der Waals surface area contributed by atoms with E-state index in [1.54, 1.807) is 0 Å². The van der Waals surface area contributed by atoms with Gasteiger partial charge in [0.25, 0.3) is 0 Å². The second-order valence-corrected chi connectivity index (χ2v) is 9.21. The second kappa shape index (κ2) is 5.60. The minimum absolute atomic E-state index is 0.212. The Morgan fingerprint density at radius 2 is 1.92 bits per heavy atom. The average molecular weight is 331 g/mol. The predicted molar refractivity (Wildman–Crippen MR) is 98.4 cm³/mol. The van der Waals surface area contributed by atoms with Crippen molar-refractivity contribution >= 4 is 0 Å². The Morgan fingerprint density at radius 1 is 1.12 bits per heavy atom. The van der Waals surface area contributed by atoms with Gasteiger partial charge in [-0.1, -0.05) is 32.1 Å². The predicted octanol–water partition coefficient (Wildman–Crippen LogP) is 3.08. The van der Waals surface area contributed by atoms with E-state index < -0.39 is 0 Å². The van der Waals surface area contributed by atoms with E-state index in [1.807, 2.05) is 0 Å². The summed E-state index contributed by atoms with van der Waals surface area (Å²) in [6, 6.07) is 0.663. The number of allylic oxidation sites excluding steroid dienone is 3. The van der Waals surface area contributed by atoms with Crippen LogP contribution >= 0.6 is 0 Å². The van der Waals surface area contributed by atoms with E-state index in [0.29, 0.717) is 29.2 Å². The van der Waals surface area contributed by atoms with Gasteiger partial charge in [-0.25, -0.2) is 0 Å². The number of aliphatic hydroxyl groups is 1. The lowest BCUT2D eigenvalue weighted by Crippen LogP contribution is -2.55. The van der Waals surface area contributed by atoms with Crippen molar-refractivity contribution in [3.05, 3.63) is 23.9 Å². The molecule has 3 heteroatoms. The van der Waals surface area contributed by atoms with Gasteiger partial charge in [-0.05, 0) is 67.7 Å². The minimum Gasteiger partial charge on any atom is -0.391 e. The maximum atomic E-state index is 10.1. The number of aliphatic hydroxyl groups excluding tert-OH is 1. The number of rotatable bonds is 2. The van der Waals surface area contributed by atoms with Crippen LogP contribution in [0.3, 0.4) is 0 Å². The number of hydrogen-bond donors (Lipinski definition) is 3. The van der Waals surface area contributed by atoms with Crippen molar-refractivity contribution in [1.82, 2.24) is 10.6 Å². The molecule has 4 aliphatic carbocycles. The Bertz CT molecular complexity index is 570. The fourth-order valence-corrected chi connectivity index (χ4v) is 7.00. The first-order valence-electron chi connectivity index (χ1n) is 9.88. The molecule has 0 aliphatic heterocycles. The Hall–Kier alpha value is -0.800. The van der Waals surface area contributed by atoms with Crippen molar-refractivity contribution in [3.63, 3.8) is 0 Å². The molecular formula is C21H34N2O. The van der Waals surface area contributed by atoms with Gasteiger partial charge in [-0.3, -0.25) is 0 Å². The summed E-state index contributed by atoms with van der Waals surface area (Å²) in [6.45, 7) is 4.98. The molecule has 2 saturated carbocycles. The second-order valence-electron chi connectivity index (χ2n) is 9.21. The summed E-state index contributed by atoms with van der Waals surface area (Å²) in [5.74, 6) is 2.58. The molecule has 134 valence electrons. The van der Waals surface area contributed by atoms with E-state index in [2.05, 4.69) is 56.8 Å². The van der Waals surface area contributed by atoms with Crippen LogP contribution < -0.4 is 10.6 Å². The fourth-order valence-electron chi connectivity index (χ4n) is 7.00. The highest BCUT2D eigenvalue weighted by Gasteiger charge is 2.59. The molecule has 4 rings (SSSR count). The molecule has 0 bridgehead atoms. The van der Waals surface area contributed by atoms with Crippen molar-refractivity contribution in [2.45, 2.75) is 58.1 Å². The van der Waals surface area contributed by atoms with Gasteiger partial charge in [0.05, 0.1) is 6.10 Å². The summed E-state index contributed by atoms with van der Waals surface area (Å²) in [6.07, 6.45) is 12.8. The molecule has 8 atom stereocenters. The van der Waals surface area contributed by atoms with Gasteiger partial charge in [0.2, 0.25) is 0 Å². The minimum atomic E-state index is -0.275. The van der Waals surface area contributed by atoms with Crippen LogP contribution in [0.5, 0.6) is 0 Å². The van der Waals surface area contributed by atoms with Crippen LogP contribution in [-0.2, 0) is 0 Å². The van der Waals surface area contributed by atoms with Gasteiger partial charge in [0, 0.05) is 24.7 Å². The topological polar surface area (TPSA) is 44.3 Å². The maximum Gasteiger partial charge on any atom is 0.0727 e. The Kier molecular flexibility index (Phi) is 3.89. The van der Waals surface area contributed by atoms with E-state index in [4.69, 9.17) is 0 Å². The quantitative estimate of drug-likeness (QED) is 0.682. The molecule has 0 amide bonds. The van der Waals surface area contributed by atoms with E-state index in [-0.39, 0.29) is 11.5 Å². The van der Waals surface area contributed by atoms with Gasteiger partial charge in [-0.2, -0.15) is 0 Å². The van der Waals surface area contributed by atoms with Crippen LogP contribution in [0.15, 0.2) is 23.9 Å². The molecule has 0 aromatic heterocycles. The standard InChI is InChI=1S/C21H34N2O/c1-20-9-7-14(24)11-13(20)12-17(22-3)19-15-5-6-18(23-4)21(15,2)10-8-16(19)20/h7,9,12-16,18-19,22-24H,5-6,8,10-11H2,1-4H3/t13?,14-,15-,16-,18-,19-,20-,21-/m0/s1. The number of nitrogens with one attached hydrogen (secondary N) is 2. The lowest BCUT2D eigenvalue weighted by Gasteiger charge is -2.58. The van der Waals surface area contributed by atoms with Crippen molar-refractivity contribution in [2.24, 2.45) is 34.5 Å². The first-order valence-corrected chi connectivity index (χ1v) is 9.88. The fraction of sp³-hybridized carbons (Fsp3) is 0.810. The Morgan fingerprint density at radius 3 is 2.62 bits per heavy atom. The number of fused-ring (bicyclic) bond motifs is 5. The lowest BCUT2D eigenvalue weighted by atomic mass is 9.47. The highest BCUT2D eigenvalue weighted by Crippen LogP contribution is 2.64. The maximum absolute atomic E-state index is 10.1. The summed E-state index contributed by atoms with van der Waals surface area (Å²) < 4.78 is 0. The van der Waals surface area contributed by atoms with Crippen LogP contribution in [0.4, 0.5) is 0 Å². The molecule has 0 saturated heterocycles. The van der Waals surface area contributed by atoms with Crippen molar-refractivity contribution in [3.8, 4) is 0 Å². The van der Waals surface area contributed by atoms with Gasteiger partial charge in [-0.15, -0.1) is 0 Å². The van der Waals surface area contributed by atoms with Crippen LogP contribution in [0.2, 0.25) is 0 Å². The molecule has 0 spiro atoms. The zero-order valence-electron chi connectivity index (χ0n) is 15.7. The summed E-state index contributed by atoms with van der Waals surface area (Å²) >= 11 is 0. The molecular weight excluding hydrogens is 296 g/mol. The largest absolute Gasteiger partial charge is 0.391 e. The Balaban J connectivity index is 1.76. The summed E-state index contributed by atoms with van der Waals surface area (Å²) in [7, 11) is 4.24. The highest BCUT2D eigenvalue weighted by molar-refractivity contribution is 5.28. The average Bonchev–Trinajstić information content (AvgIpc) is 2.91. The van der Waals surface area contributed by atoms with Gasteiger partial charge >= 0.3 is 0 Å². The molecule has 3 nitrogen and oxygen atoms in total. The van der Waals surface area contributed by atoms with Crippen LogP contribution in [0, 0.1) is 34.5 Å². The summed E-state index contributed by atoms with van der Waals surface area (Å²) in [5, 5.41) is 17.3. The summed E-state index contributed by atoms with van der Waals surface area (Å²) in [4.78, 5) is 0. The van der Waals surface area contributed by atoms with Gasteiger partial charge < -0.3 is 15.7 Å². The zero-order valence-corrected chi connectivity index (χ0v) is 15.7. The Labute approximate surface area is 147 Å². The monoisotopic (exact) mass is 330 g/mol. The van der Waals surface area contributed by atoms with E-state index in [0.717, 1.165) is 12.3 Å². The summed E-state index contributed by atoms with van der Waals surface area (Å²) in [5.41, 5.74) is 2.09. The molecule has 1 unspecified atom stereocenters. The van der Waals surface area contributed by atoms with Crippen LogP contribution in [0.25, 0.3) is 0 Å². The third-order valence-corrected chi connectivity index (χ3v) is 8.42. The van der Waals surface area contributed by atoms with E-state index >= 15 is 0 Å². The molecule has 0 aromatic carbocycles. The smallest absolute Gasteiger partial charge is 0.0727 e.